The molecule has 156 valence electrons. The maximum atomic E-state index is 14.1. The van der Waals surface area contributed by atoms with Crippen molar-refractivity contribution in [2.45, 2.75) is 19.3 Å². The fraction of sp³-hybridized carbons (Fsp3) is 0.208. The van der Waals surface area contributed by atoms with Crippen molar-refractivity contribution in [1.29, 1.82) is 0 Å². The largest absolute Gasteiger partial charge is 0.462 e. The number of anilines is 1. The molecule has 3 heterocycles. The lowest BCUT2D eigenvalue weighted by atomic mass is 9.68. The highest BCUT2D eigenvalue weighted by Gasteiger charge is 2.61. The molecule has 2 aliphatic heterocycles. The number of hydrogen-bond acceptors (Lipinski definition) is 6. The van der Waals surface area contributed by atoms with Gasteiger partial charge < -0.3 is 20.1 Å². The molecular formula is C24H21N3O4. The first kappa shape index (κ1) is 19.1. The van der Waals surface area contributed by atoms with Crippen LogP contribution >= 0.6 is 0 Å². The zero-order chi connectivity index (χ0) is 21.8. The first-order valence-corrected chi connectivity index (χ1v) is 10.2. The highest BCUT2D eigenvalue weighted by Crippen LogP contribution is 2.56. The van der Waals surface area contributed by atoms with Crippen LogP contribution in [0.15, 0.2) is 66.2 Å². The minimum atomic E-state index is -1.47. The van der Waals surface area contributed by atoms with Crippen molar-refractivity contribution in [3.05, 3.63) is 77.3 Å². The van der Waals surface area contributed by atoms with Gasteiger partial charge in [-0.2, -0.15) is 0 Å². The average Bonchev–Trinajstić information content (AvgIpc) is 3.02. The first-order valence-electron chi connectivity index (χ1n) is 10.2. The minimum absolute atomic E-state index is 0.00512. The van der Waals surface area contributed by atoms with Gasteiger partial charge in [0.25, 0.3) is 0 Å². The van der Waals surface area contributed by atoms with Gasteiger partial charge in [0, 0.05) is 34.9 Å². The molecule has 0 radical (unpaired) electrons. The van der Waals surface area contributed by atoms with Gasteiger partial charge in [-0.3, -0.25) is 9.78 Å². The fourth-order valence-electron chi connectivity index (χ4n) is 4.72. The number of esters is 1. The molecule has 5 rings (SSSR count). The lowest BCUT2D eigenvalue weighted by molar-refractivity contribution is -0.140. The summed E-state index contributed by atoms with van der Waals surface area (Å²) in [5.41, 5.74) is 7.38. The van der Waals surface area contributed by atoms with Crippen molar-refractivity contribution in [2.24, 2.45) is 5.73 Å². The van der Waals surface area contributed by atoms with Crippen LogP contribution in [0.3, 0.4) is 0 Å². The highest BCUT2D eigenvalue weighted by molar-refractivity contribution is 6.19. The van der Waals surface area contributed by atoms with E-state index in [0.717, 1.165) is 11.1 Å². The van der Waals surface area contributed by atoms with Crippen LogP contribution in [-0.4, -0.2) is 30.0 Å². The number of carbonyl (C=O) groups excluding carboxylic acids is 2. The van der Waals surface area contributed by atoms with E-state index in [-0.39, 0.29) is 24.0 Å². The van der Waals surface area contributed by atoms with Crippen LogP contribution in [0.4, 0.5) is 5.69 Å². The zero-order valence-corrected chi connectivity index (χ0v) is 17.2. The number of para-hydroxylation sites is 1. The third kappa shape index (κ3) is 2.37. The minimum Gasteiger partial charge on any atom is -0.462 e. The summed E-state index contributed by atoms with van der Waals surface area (Å²) >= 11 is 0. The summed E-state index contributed by atoms with van der Waals surface area (Å²) in [6, 6.07) is 14.9. The van der Waals surface area contributed by atoms with Crippen molar-refractivity contribution in [2.75, 3.05) is 18.1 Å². The van der Waals surface area contributed by atoms with Crippen LogP contribution in [0.1, 0.15) is 25.0 Å². The number of ether oxygens (including phenoxy) is 2. The van der Waals surface area contributed by atoms with Gasteiger partial charge in [-0.15, -0.1) is 0 Å². The predicted molar refractivity (Wildman–Crippen MR) is 115 cm³/mol. The normalized spacial score (nSPS) is 19.4. The average molecular weight is 415 g/mol. The molecule has 1 unspecified atom stereocenters. The topological polar surface area (TPSA) is 94.7 Å². The van der Waals surface area contributed by atoms with E-state index in [1.165, 1.54) is 0 Å². The Bertz CT molecular complexity index is 1280. The number of carbonyl (C=O) groups is 2. The van der Waals surface area contributed by atoms with Crippen LogP contribution in [0.5, 0.6) is 5.75 Å². The van der Waals surface area contributed by atoms with Crippen LogP contribution in [0, 0.1) is 0 Å². The lowest BCUT2D eigenvalue weighted by Gasteiger charge is -2.36. The Balaban J connectivity index is 1.93. The molecular weight excluding hydrogens is 394 g/mol. The summed E-state index contributed by atoms with van der Waals surface area (Å²) in [5, 5.41) is 0.842. The van der Waals surface area contributed by atoms with E-state index in [0.29, 0.717) is 28.9 Å². The van der Waals surface area contributed by atoms with Crippen LogP contribution < -0.4 is 15.4 Å². The highest BCUT2D eigenvalue weighted by atomic mass is 16.5. The van der Waals surface area contributed by atoms with E-state index >= 15 is 0 Å². The quantitative estimate of drug-likeness (QED) is 0.661. The van der Waals surface area contributed by atoms with Crippen molar-refractivity contribution in [3.8, 4) is 5.75 Å². The monoisotopic (exact) mass is 415 g/mol. The molecule has 2 N–H and O–H groups in total. The number of fused-ring (bicyclic) bond motifs is 6. The second-order valence-electron chi connectivity index (χ2n) is 7.40. The number of hydrogen-bond donors (Lipinski definition) is 1. The van der Waals surface area contributed by atoms with Crippen molar-refractivity contribution in [3.63, 3.8) is 0 Å². The van der Waals surface area contributed by atoms with Crippen LogP contribution in [0.25, 0.3) is 10.9 Å². The Hall–Kier alpha value is -3.87. The van der Waals surface area contributed by atoms with Crippen molar-refractivity contribution in [1.82, 2.24) is 4.98 Å². The number of likely N-dealkylation sites (N-methyl/N-ethyl adjacent to an activating group) is 1. The smallest absolute Gasteiger partial charge is 0.341 e. The lowest BCUT2D eigenvalue weighted by Crippen LogP contribution is -2.48. The third-order valence-corrected chi connectivity index (χ3v) is 5.93. The summed E-state index contributed by atoms with van der Waals surface area (Å²) in [7, 11) is 0. The number of nitrogens with two attached hydrogens (primary N) is 1. The van der Waals surface area contributed by atoms with E-state index in [2.05, 4.69) is 4.98 Å². The molecule has 2 aromatic carbocycles. The number of rotatable bonds is 3. The van der Waals surface area contributed by atoms with Gasteiger partial charge in [-0.05, 0) is 26.0 Å². The van der Waals surface area contributed by atoms with Gasteiger partial charge >= 0.3 is 5.97 Å². The van der Waals surface area contributed by atoms with Crippen molar-refractivity contribution < 1.29 is 19.1 Å². The second kappa shape index (κ2) is 6.84. The number of aromatic nitrogens is 1. The number of nitrogens with zero attached hydrogens (tertiary/aromatic N) is 2. The molecule has 0 aliphatic carbocycles. The van der Waals surface area contributed by atoms with E-state index in [1.54, 1.807) is 18.0 Å². The third-order valence-electron chi connectivity index (χ3n) is 5.93. The van der Waals surface area contributed by atoms with Crippen molar-refractivity contribution >= 4 is 28.5 Å². The van der Waals surface area contributed by atoms with E-state index in [1.807, 2.05) is 55.5 Å². The first-order chi connectivity index (χ1) is 15.1. The molecule has 7 nitrogen and oxygen atoms in total. The second-order valence-corrected chi connectivity index (χ2v) is 7.40. The number of amides is 1. The molecule has 0 fully saturated rings. The molecule has 0 saturated heterocycles. The standard InChI is InChI=1S/C24H21N3O4/c1-3-27-17-10-6-5-9-15(17)24(23(27)29)16-12-11-14-8-7-13-26-19(14)20(16)31-21(25)18(24)22(28)30-4-2/h5-13H,3-4,25H2,1-2H3. The molecule has 0 bridgehead atoms. The molecule has 7 heteroatoms. The maximum absolute atomic E-state index is 14.1. The Kier molecular flexibility index (Phi) is 4.22. The molecule has 1 aromatic heterocycles. The van der Waals surface area contributed by atoms with Gasteiger partial charge in [-0.1, -0.05) is 36.4 Å². The van der Waals surface area contributed by atoms with Gasteiger partial charge in [0.15, 0.2) is 5.75 Å². The van der Waals surface area contributed by atoms with Gasteiger partial charge in [0.05, 0.1) is 6.61 Å². The Morgan fingerprint density at radius 2 is 1.94 bits per heavy atom. The summed E-state index contributed by atoms with van der Waals surface area (Å²) in [4.78, 5) is 33.4. The van der Waals surface area contributed by atoms with E-state index in [4.69, 9.17) is 15.2 Å². The summed E-state index contributed by atoms with van der Waals surface area (Å²) < 4.78 is 11.3. The molecule has 1 amide bonds. The predicted octanol–water partition coefficient (Wildman–Crippen LogP) is 3.01. The van der Waals surface area contributed by atoms with E-state index in [9.17, 15) is 9.59 Å². The number of benzene rings is 2. The molecule has 0 saturated carbocycles. The van der Waals surface area contributed by atoms with E-state index < -0.39 is 11.4 Å². The number of pyridine rings is 1. The Morgan fingerprint density at radius 3 is 2.71 bits per heavy atom. The van der Waals surface area contributed by atoms with Crippen LogP contribution in [-0.2, 0) is 19.7 Å². The van der Waals surface area contributed by atoms with Gasteiger partial charge in [-0.25, -0.2) is 4.79 Å². The Morgan fingerprint density at radius 1 is 1.13 bits per heavy atom. The van der Waals surface area contributed by atoms with Crippen LogP contribution in [0.2, 0.25) is 0 Å². The molecule has 3 aromatic rings. The zero-order valence-electron chi connectivity index (χ0n) is 17.2. The molecule has 1 spiro atoms. The SMILES string of the molecule is CCOC(=O)C1=C(N)Oc2c(ccc3cccnc23)C12C(=O)N(CC)c1ccccc12. The Labute approximate surface area is 179 Å². The summed E-state index contributed by atoms with van der Waals surface area (Å²) in [6.45, 7) is 4.19. The molecule has 2 aliphatic rings. The summed E-state index contributed by atoms with van der Waals surface area (Å²) in [5.74, 6) is -0.704. The molecule has 1 atom stereocenters. The fourth-order valence-corrected chi connectivity index (χ4v) is 4.72. The maximum Gasteiger partial charge on any atom is 0.341 e. The van der Waals surface area contributed by atoms with Gasteiger partial charge in [0.1, 0.15) is 16.5 Å². The summed E-state index contributed by atoms with van der Waals surface area (Å²) in [6.07, 6.45) is 1.65. The molecule has 31 heavy (non-hydrogen) atoms. The van der Waals surface area contributed by atoms with Gasteiger partial charge in [0.2, 0.25) is 11.8 Å².